The molecule has 1 N–H and O–H groups in total. The second kappa shape index (κ2) is 9.21. The average molecular weight is 367 g/mol. The van der Waals surface area contributed by atoms with Crippen LogP contribution in [0.4, 0.5) is 0 Å². The molecule has 1 atom stereocenters. The molecule has 0 aromatic heterocycles. The van der Waals surface area contributed by atoms with Gasteiger partial charge < -0.3 is 14.8 Å². The van der Waals surface area contributed by atoms with E-state index in [0.717, 1.165) is 36.8 Å². The van der Waals surface area contributed by atoms with Gasteiger partial charge in [0, 0.05) is 0 Å². The van der Waals surface area contributed by atoms with Crippen LogP contribution < -0.4 is 10.1 Å². The maximum absolute atomic E-state index is 12.2. The first kappa shape index (κ1) is 19.0. The van der Waals surface area contributed by atoms with Gasteiger partial charge in [0.1, 0.15) is 5.75 Å². The van der Waals surface area contributed by atoms with E-state index < -0.39 is 5.97 Å². The van der Waals surface area contributed by atoms with Gasteiger partial charge in [0.2, 0.25) is 0 Å². The van der Waals surface area contributed by atoms with Gasteiger partial charge >= 0.3 is 5.97 Å². The summed E-state index contributed by atoms with van der Waals surface area (Å²) < 4.78 is 10.6. The Kier molecular flexibility index (Phi) is 6.47. The highest BCUT2D eigenvalue weighted by Gasteiger charge is 2.21. The molecule has 0 unspecified atom stereocenters. The molecule has 0 saturated heterocycles. The maximum Gasteiger partial charge on any atom is 0.344 e. The van der Waals surface area contributed by atoms with Crippen molar-refractivity contribution in [3.05, 3.63) is 65.2 Å². The molecule has 0 saturated carbocycles. The standard InChI is InChI=1S/C22H25NO4/c1-2-16-8-4-6-13-20(16)26-15-22(25)27-14-21(24)23-19-12-7-10-17-9-3-5-11-18(17)19/h3-6,8-9,11,13,19H,2,7,10,12,14-15H2,1H3,(H,23,24)/t19-/m0/s1. The number of amides is 1. The number of ether oxygens (including phenoxy) is 2. The SMILES string of the molecule is CCc1ccccc1OCC(=O)OCC(=O)N[C@H]1CCCc2ccccc21. The molecule has 1 amide bonds. The number of aryl methyl sites for hydroxylation is 2. The van der Waals surface area contributed by atoms with Gasteiger partial charge in [-0.05, 0) is 48.4 Å². The molecule has 0 fully saturated rings. The molecule has 0 bridgehead atoms. The molecule has 1 aliphatic carbocycles. The first-order chi connectivity index (χ1) is 13.2. The number of carbonyl (C=O) groups excluding carboxylic acids is 2. The van der Waals surface area contributed by atoms with Gasteiger partial charge in [-0.3, -0.25) is 4.79 Å². The summed E-state index contributed by atoms with van der Waals surface area (Å²) in [4.78, 5) is 24.1. The molecule has 27 heavy (non-hydrogen) atoms. The van der Waals surface area contributed by atoms with E-state index in [9.17, 15) is 9.59 Å². The van der Waals surface area contributed by atoms with E-state index in [2.05, 4.69) is 11.4 Å². The second-order valence-corrected chi connectivity index (χ2v) is 6.62. The number of rotatable bonds is 7. The van der Waals surface area contributed by atoms with Gasteiger partial charge in [-0.2, -0.15) is 0 Å². The van der Waals surface area contributed by atoms with E-state index >= 15 is 0 Å². The van der Waals surface area contributed by atoms with Crippen molar-refractivity contribution in [3.8, 4) is 5.75 Å². The summed E-state index contributed by atoms with van der Waals surface area (Å²) in [6.45, 7) is 1.51. The first-order valence-electron chi connectivity index (χ1n) is 9.41. The fourth-order valence-corrected chi connectivity index (χ4v) is 3.40. The van der Waals surface area contributed by atoms with Crippen LogP contribution in [0, 0.1) is 0 Å². The number of esters is 1. The van der Waals surface area contributed by atoms with Crippen molar-refractivity contribution in [3.63, 3.8) is 0 Å². The van der Waals surface area contributed by atoms with Crippen LogP contribution in [-0.2, 0) is 27.2 Å². The Labute approximate surface area is 159 Å². The first-order valence-corrected chi connectivity index (χ1v) is 9.41. The molecule has 2 aromatic rings. The molecule has 0 spiro atoms. The fourth-order valence-electron chi connectivity index (χ4n) is 3.40. The molecular weight excluding hydrogens is 342 g/mol. The Morgan fingerprint density at radius 3 is 2.70 bits per heavy atom. The van der Waals surface area contributed by atoms with Gasteiger partial charge in [0.05, 0.1) is 6.04 Å². The van der Waals surface area contributed by atoms with Gasteiger partial charge in [0.25, 0.3) is 5.91 Å². The third kappa shape index (κ3) is 5.09. The third-order valence-electron chi connectivity index (χ3n) is 4.77. The van der Waals surface area contributed by atoms with E-state index in [1.165, 1.54) is 5.56 Å². The molecule has 0 aliphatic heterocycles. The van der Waals surface area contributed by atoms with E-state index in [1.54, 1.807) is 0 Å². The second-order valence-electron chi connectivity index (χ2n) is 6.62. The molecule has 3 rings (SSSR count). The number of para-hydroxylation sites is 1. The van der Waals surface area contributed by atoms with Crippen molar-refractivity contribution < 1.29 is 19.1 Å². The molecular formula is C22H25NO4. The van der Waals surface area contributed by atoms with Gasteiger partial charge in [-0.15, -0.1) is 0 Å². The van der Waals surface area contributed by atoms with Gasteiger partial charge in [0.15, 0.2) is 13.2 Å². The fraction of sp³-hybridized carbons (Fsp3) is 0.364. The topological polar surface area (TPSA) is 64.6 Å². The number of nitrogens with one attached hydrogen (secondary N) is 1. The predicted octanol–water partition coefficient (Wildman–Crippen LogP) is 3.36. The van der Waals surface area contributed by atoms with Crippen molar-refractivity contribution in [2.75, 3.05) is 13.2 Å². The number of carbonyl (C=O) groups is 2. The van der Waals surface area contributed by atoms with E-state index in [-0.39, 0.29) is 25.2 Å². The summed E-state index contributed by atoms with van der Waals surface area (Å²) in [5, 5.41) is 2.97. The quantitative estimate of drug-likeness (QED) is 0.762. The van der Waals surface area contributed by atoms with Gasteiger partial charge in [-0.1, -0.05) is 49.4 Å². The van der Waals surface area contributed by atoms with Crippen LogP contribution in [0.1, 0.15) is 42.5 Å². The van der Waals surface area contributed by atoms with Crippen LogP contribution in [0.25, 0.3) is 0 Å². The Bertz CT molecular complexity index is 802. The highest BCUT2D eigenvalue weighted by Crippen LogP contribution is 2.29. The number of benzene rings is 2. The summed E-state index contributed by atoms with van der Waals surface area (Å²) in [5.74, 6) is -0.181. The van der Waals surface area contributed by atoms with Crippen LogP contribution in [0.5, 0.6) is 5.75 Å². The minimum Gasteiger partial charge on any atom is -0.482 e. The summed E-state index contributed by atoms with van der Waals surface area (Å²) in [5.41, 5.74) is 3.45. The van der Waals surface area contributed by atoms with Crippen LogP contribution in [0.2, 0.25) is 0 Å². The predicted molar refractivity (Wildman–Crippen MR) is 103 cm³/mol. The lowest BCUT2D eigenvalue weighted by molar-refractivity contribution is -0.150. The molecule has 5 nitrogen and oxygen atoms in total. The average Bonchev–Trinajstić information content (AvgIpc) is 2.71. The maximum atomic E-state index is 12.2. The van der Waals surface area contributed by atoms with Crippen LogP contribution in [-0.4, -0.2) is 25.1 Å². The lowest BCUT2D eigenvalue weighted by Crippen LogP contribution is -2.34. The van der Waals surface area contributed by atoms with Crippen LogP contribution in [0.15, 0.2) is 48.5 Å². The lowest BCUT2D eigenvalue weighted by Gasteiger charge is -2.26. The Morgan fingerprint density at radius 2 is 1.85 bits per heavy atom. The van der Waals surface area contributed by atoms with Crippen molar-refractivity contribution in [1.29, 1.82) is 0 Å². The normalized spacial score (nSPS) is 15.5. The molecule has 142 valence electrons. The smallest absolute Gasteiger partial charge is 0.344 e. The summed E-state index contributed by atoms with van der Waals surface area (Å²) in [6.07, 6.45) is 3.78. The largest absolute Gasteiger partial charge is 0.482 e. The van der Waals surface area contributed by atoms with Crippen molar-refractivity contribution in [2.45, 2.75) is 38.6 Å². The highest BCUT2D eigenvalue weighted by atomic mass is 16.6. The zero-order chi connectivity index (χ0) is 19.1. The minimum atomic E-state index is -0.555. The van der Waals surface area contributed by atoms with Crippen LogP contribution >= 0.6 is 0 Å². The zero-order valence-electron chi connectivity index (χ0n) is 15.6. The highest BCUT2D eigenvalue weighted by molar-refractivity contribution is 5.81. The third-order valence-corrected chi connectivity index (χ3v) is 4.77. The summed E-state index contributed by atoms with van der Waals surface area (Å²) in [6, 6.07) is 15.7. The van der Waals surface area contributed by atoms with Crippen molar-refractivity contribution in [2.24, 2.45) is 0 Å². The van der Waals surface area contributed by atoms with Crippen molar-refractivity contribution in [1.82, 2.24) is 5.32 Å². The molecule has 5 heteroatoms. The molecule has 0 radical (unpaired) electrons. The molecule has 0 heterocycles. The molecule has 2 aromatic carbocycles. The Morgan fingerprint density at radius 1 is 1.07 bits per heavy atom. The van der Waals surface area contributed by atoms with Crippen molar-refractivity contribution >= 4 is 11.9 Å². The Balaban J connectivity index is 1.45. The van der Waals surface area contributed by atoms with E-state index in [1.807, 2.05) is 49.4 Å². The minimum absolute atomic E-state index is 0.0196. The van der Waals surface area contributed by atoms with E-state index in [4.69, 9.17) is 9.47 Å². The summed E-state index contributed by atoms with van der Waals surface area (Å²) in [7, 11) is 0. The summed E-state index contributed by atoms with van der Waals surface area (Å²) >= 11 is 0. The van der Waals surface area contributed by atoms with Gasteiger partial charge in [-0.25, -0.2) is 4.79 Å². The monoisotopic (exact) mass is 367 g/mol. The Hall–Kier alpha value is -2.82. The number of hydrogen-bond donors (Lipinski definition) is 1. The number of fused-ring (bicyclic) bond motifs is 1. The van der Waals surface area contributed by atoms with E-state index in [0.29, 0.717) is 5.75 Å². The molecule has 1 aliphatic rings. The lowest BCUT2D eigenvalue weighted by atomic mass is 9.88. The van der Waals surface area contributed by atoms with Crippen LogP contribution in [0.3, 0.4) is 0 Å². The number of hydrogen-bond acceptors (Lipinski definition) is 4. The zero-order valence-corrected chi connectivity index (χ0v) is 15.6.